The fraction of sp³-hybridized carbons (Fsp3) is 0.158. The summed E-state index contributed by atoms with van der Waals surface area (Å²) in [5.41, 5.74) is 4.91. The maximum Gasteiger partial charge on any atom is 0.199 e. The lowest BCUT2D eigenvalue weighted by molar-refractivity contribution is 0.103. The molecule has 122 valence electrons. The predicted molar refractivity (Wildman–Crippen MR) is 88.7 cm³/mol. The Morgan fingerprint density at radius 2 is 1.79 bits per heavy atom. The first-order chi connectivity index (χ1) is 11.3. The Kier molecular flexibility index (Phi) is 3.89. The molecular weight excluding hydrogens is 310 g/mol. The molecule has 0 radical (unpaired) electrons. The summed E-state index contributed by atoms with van der Waals surface area (Å²) in [5, 5.41) is 1.32. The number of hydrogen-bond acceptors (Lipinski definition) is 3. The third-order valence-electron chi connectivity index (χ3n) is 3.94. The lowest BCUT2D eigenvalue weighted by Crippen LogP contribution is -2.29. The summed E-state index contributed by atoms with van der Waals surface area (Å²) in [7, 11) is 0. The van der Waals surface area contributed by atoms with Crippen LogP contribution in [-0.2, 0) is 5.54 Å². The molecule has 0 aliphatic heterocycles. The number of aromatic nitrogens is 1. The average molecular weight is 326 g/mol. The fourth-order valence-electron chi connectivity index (χ4n) is 2.62. The average Bonchev–Trinajstić information content (AvgIpc) is 2.52. The molecule has 1 heterocycles. The first-order valence-electron chi connectivity index (χ1n) is 7.45. The van der Waals surface area contributed by atoms with E-state index in [0.29, 0.717) is 5.39 Å². The third kappa shape index (κ3) is 2.78. The minimum absolute atomic E-state index is 0.229. The van der Waals surface area contributed by atoms with Crippen LogP contribution >= 0.6 is 0 Å². The van der Waals surface area contributed by atoms with E-state index in [1.807, 2.05) is 0 Å². The van der Waals surface area contributed by atoms with Gasteiger partial charge in [-0.1, -0.05) is 18.2 Å². The normalized spacial score (nSPS) is 11.7. The van der Waals surface area contributed by atoms with Crippen LogP contribution in [0.3, 0.4) is 0 Å². The van der Waals surface area contributed by atoms with Crippen molar-refractivity contribution in [1.29, 1.82) is 0 Å². The summed E-state index contributed by atoms with van der Waals surface area (Å²) in [5.74, 6) is -2.54. The van der Waals surface area contributed by atoms with Gasteiger partial charge in [0.2, 0.25) is 0 Å². The Morgan fingerprint density at radius 3 is 2.42 bits per heavy atom. The number of pyridine rings is 1. The van der Waals surface area contributed by atoms with Crippen molar-refractivity contribution in [3.8, 4) is 0 Å². The summed E-state index contributed by atoms with van der Waals surface area (Å²) < 4.78 is 28.9. The van der Waals surface area contributed by atoms with Crippen molar-refractivity contribution in [3.05, 3.63) is 77.1 Å². The van der Waals surface area contributed by atoms with Crippen LogP contribution in [0.1, 0.15) is 35.3 Å². The van der Waals surface area contributed by atoms with E-state index < -0.39 is 28.5 Å². The summed E-state index contributed by atoms with van der Waals surface area (Å²) in [6.45, 7) is 3.28. The van der Waals surface area contributed by atoms with Crippen LogP contribution in [-0.4, -0.2) is 10.8 Å². The molecule has 0 unspecified atom stereocenters. The maximum atomic E-state index is 14.4. The molecule has 0 amide bonds. The third-order valence-corrected chi connectivity index (χ3v) is 3.94. The zero-order valence-corrected chi connectivity index (χ0v) is 13.3. The van der Waals surface area contributed by atoms with Crippen molar-refractivity contribution < 1.29 is 13.6 Å². The molecule has 0 bridgehead atoms. The predicted octanol–water partition coefficient (Wildman–Crippen LogP) is 3.94. The van der Waals surface area contributed by atoms with Gasteiger partial charge >= 0.3 is 0 Å². The topological polar surface area (TPSA) is 56.0 Å². The molecule has 5 heteroatoms. The standard InChI is InChI=1S/C19H16F2N2O/c1-19(2,22)12-8-15(20)17(16(21)9-12)18(24)14-5-3-4-11-10-23-7-6-13(11)14/h3-10H,22H2,1-2H3. The Morgan fingerprint density at radius 1 is 1.12 bits per heavy atom. The number of nitrogens with two attached hydrogens (primary N) is 1. The maximum absolute atomic E-state index is 14.4. The van der Waals surface area contributed by atoms with Crippen molar-refractivity contribution in [2.45, 2.75) is 19.4 Å². The number of carbonyl (C=O) groups excluding carboxylic acids is 1. The van der Waals surface area contributed by atoms with Crippen molar-refractivity contribution in [2.75, 3.05) is 0 Å². The lowest BCUT2D eigenvalue weighted by atomic mass is 9.91. The van der Waals surface area contributed by atoms with E-state index in [1.165, 1.54) is 6.20 Å². The van der Waals surface area contributed by atoms with E-state index in [1.54, 1.807) is 44.3 Å². The number of ketones is 1. The van der Waals surface area contributed by atoms with Crippen LogP contribution in [0.15, 0.2) is 48.8 Å². The highest BCUT2D eigenvalue weighted by molar-refractivity contribution is 6.16. The first-order valence-corrected chi connectivity index (χ1v) is 7.45. The van der Waals surface area contributed by atoms with E-state index >= 15 is 0 Å². The molecular formula is C19H16F2N2O. The van der Waals surface area contributed by atoms with Gasteiger partial charge in [0.1, 0.15) is 11.6 Å². The molecule has 24 heavy (non-hydrogen) atoms. The number of rotatable bonds is 3. The minimum Gasteiger partial charge on any atom is -0.322 e. The van der Waals surface area contributed by atoms with Gasteiger partial charge in [-0.2, -0.15) is 0 Å². The molecule has 3 rings (SSSR count). The molecule has 2 aromatic carbocycles. The van der Waals surface area contributed by atoms with Crippen LogP contribution in [0.5, 0.6) is 0 Å². The van der Waals surface area contributed by atoms with Gasteiger partial charge < -0.3 is 5.73 Å². The van der Waals surface area contributed by atoms with Gasteiger partial charge in [0.15, 0.2) is 5.78 Å². The van der Waals surface area contributed by atoms with Crippen molar-refractivity contribution in [1.82, 2.24) is 4.98 Å². The second-order valence-corrected chi connectivity index (χ2v) is 6.27. The number of fused-ring (bicyclic) bond motifs is 1. The monoisotopic (exact) mass is 326 g/mol. The molecule has 1 aromatic heterocycles. The molecule has 0 atom stereocenters. The highest BCUT2D eigenvalue weighted by Gasteiger charge is 2.25. The molecule has 0 aliphatic rings. The molecule has 0 saturated heterocycles. The molecule has 3 nitrogen and oxygen atoms in total. The van der Waals surface area contributed by atoms with Gasteiger partial charge in [0.25, 0.3) is 0 Å². The number of benzene rings is 2. The van der Waals surface area contributed by atoms with Gasteiger partial charge in [-0.3, -0.25) is 9.78 Å². The quantitative estimate of drug-likeness (QED) is 0.742. The minimum atomic E-state index is -0.917. The first kappa shape index (κ1) is 16.2. The van der Waals surface area contributed by atoms with Crippen LogP contribution in [0, 0.1) is 11.6 Å². The van der Waals surface area contributed by atoms with E-state index in [0.717, 1.165) is 17.5 Å². The molecule has 0 spiro atoms. The van der Waals surface area contributed by atoms with E-state index in [4.69, 9.17) is 5.73 Å². The molecule has 0 aliphatic carbocycles. The Hall–Kier alpha value is -2.66. The van der Waals surface area contributed by atoms with Gasteiger partial charge in [0, 0.05) is 28.9 Å². The molecule has 0 saturated carbocycles. The largest absolute Gasteiger partial charge is 0.322 e. The second kappa shape index (κ2) is 5.76. The van der Waals surface area contributed by atoms with Crippen molar-refractivity contribution in [3.63, 3.8) is 0 Å². The fourth-order valence-corrected chi connectivity index (χ4v) is 2.62. The van der Waals surface area contributed by atoms with Gasteiger partial charge in [-0.15, -0.1) is 0 Å². The van der Waals surface area contributed by atoms with E-state index in [2.05, 4.69) is 4.98 Å². The summed E-state index contributed by atoms with van der Waals surface area (Å²) in [6, 6.07) is 8.86. The van der Waals surface area contributed by atoms with Gasteiger partial charge in [-0.25, -0.2) is 8.78 Å². The number of halogens is 2. The van der Waals surface area contributed by atoms with Crippen LogP contribution in [0.25, 0.3) is 10.8 Å². The second-order valence-electron chi connectivity index (χ2n) is 6.27. The number of nitrogens with zero attached hydrogens (tertiary/aromatic N) is 1. The summed E-state index contributed by atoms with van der Waals surface area (Å²) in [4.78, 5) is 16.7. The van der Waals surface area contributed by atoms with Crippen LogP contribution in [0.2, 0.25) is 0 Å². The SMILES string of the molecule is CC(C)(N)c1cc(F)c(C(=O)c2cccc3cnccc23)c(F)c1. The smallest absolute Gasteiger partial charge is 0.199 e. The molecule has 2 N–H and O–H groups in total. The van der Waals surface area contributed by atoms with E-state index in [-0.39, 0.29) is 11.1 Å². The molecule has 0 fully saturated rings. The zero-order valence-electron chi connectivity index (χ0n) is 13.3. The molecule has 3 aromatic rings. The zero-order chi connectivity index (χ0) is 17.5. The number of hydrogen-bond donors (Lipinski definition) is 1. The Balaban J connectivity index is 2.17. The van der Waals surface area contributed by atoms with E-state index in [9.17, 15) is 13.6 Å². The highest BCUT2D eigenvalue weighted by Crippen LogP contribution is 2.27. The Bertz CT molecular complexity index is 917. The summed E-state index contributed by atoms with van der Waals surface area (Å²) in [6.07, 6.45) is 3.13. The van der Waals surface area contributed by atoms with Crippen molar-refractivity contribution >= 4 is 16.6 Å². The Labute approximate surface area is 138 Å². The number of carbonyl (C=O) groups is 1. The highest BCUT2D eigenvalue weighted by atomic mass is 19.1. The summed E-state index contributed by atoms with van der Waals surface area (Å²) >= 11 is 0. The van der Waals surface area contributed by atoms with Crippen molar-refractivity contribution in [2.24, 2.45) is 5.73 Å². The van der Waals surface area contributed by atoms with Crippen LogP contribution in [0.4, 0.5) is 8.78 Å². The van der Waals surface area contributed by atoms with Gasteiger partial charge in [-0.05, 0) is 43.0 Å². The van der Waals surface area contributed by atoms with Gasteiger partial charge in [0.05, 0.1) is 5.56 Å². The lowest BCUT2D eigenvalue weighted by Gasteiger charge is -2.20. The van der Waals surface area contributed by atoms with Crippen LogP contribution < -0.4 is 5.73 Å².